The molecule has 2 aromatic rings. The van der Waals surface area contributed by atoms with E-state index in [1.54, 1.807) is 23.4 Å². The van der Waals surface area contributed by atoms with Gasteiger partial charge < -0.3 is 9.80 Å². The number of anilines is 2. The normalized spacial score (nSPS) is 17.9. The van der Waals surface area contributed by atoms with Crippen LogP contribution >= 0.6 is 11.6 Å². The van der Waals surface area contributed by atoms with Gasteiger partial charge in [0.25, 0.3) is 11.8 Å². The first-order chi connectivity index (χ1) is 14.3. The minimum atomic E-state index is -4.51. The summed E-state index contributed by atoms with van der Waals surface area (Å²) in [6.07, 6.45) is -1.24. The monoisotopic (exact) mass is 437 g/mol. The van der Waals surface area contributed by atoms with Crippen LogP contribution in [0.4, 0.5) is 24.8 Å². The number of piperazine rings is 1. The van der Waals surface area contributed by atoms with Crippen molar-refractivity contribution in [3.8, 4) is 0 Å². The second-order valence-electron chi connectivity index (χ2n) is 6.68. The van der Waals surface area contributed by atoms with E-state index in [0.717, 1.165) is 29.2 Å². The quantitative estimate of drug-likeness (QED) is 0.688. The van der Waals surface area contributed by atoms with Gasteiger partial charge in [-0.3, -0.25) is 9.59 Å². The highest BCUT2D eigenvalue weighted by molar-refractivity contribution is 6.52. The summed E-state index contributed by atoms with van der Waals surface area (Å²) in [5.41, 5.74) is -0.790. The van der Waals surface area contributed by atoms with Crippen LogP contribution in [0.15, 0.2) is 53.5 Å². The summed E-state index contributed by atoms with van der Waals surface area (Å²) in [6, 6.07) is 5.51. The number of imide groups is 1. The molecule has 1 fully saturated rings. The second-order valence-corrected chi connectivity index (χ2v) is 7.05. The third-order valence-corrected chi connectivity index (χ3v) is 5.23. The van der Waals surface area contributed by atoms with Crippen molar-refractivity contribution in [2.24, 2.45) is 0 Å². The van der Waals surface area contributed by atoms with Crippen molar-refractivity contribution >= 4 is 35.1 Å². The zero-order valence-electron chi connectivity index (χ0n) is 15.4. The molecular weight excluding hydrogens is 423 g/mol. The van der Waals surface area contributed by atoms with Crippen LogP contribution in [0.5, 0.6) is 0 Å². The lowest BCUT2D eigenvalue weighted by Gasteiger charge is -2.36. The molecule has 0 aliphatic carbocycles. The Labute approximate surface area is 174 Å². The molecule has 2 aliphatic heterocycles. The van der Waals surface area contributed by atoms with E-state index in [2.05, 4.69) is 9.97 Å². The molecule has 0 atom stereocenters. The molecule has 2 amide bonds. The van der Waals surface area contributed by atoms with E-state index in [4.69, 9.17) is 11.6 Å². The Morgan fingerprint density at radius 3 is 2.00 bits per heavy atom. The van der Waals surface area contributed by atoms with Crippen molar-refractivity contribution in [1.29, 1.82) is 0 Å². The fourth-order valence-corrected chi connectivity index (χ4v) is 3.67. The van der Waals surface area contributed by atoms with Gasteiger partial charge in [-0.2, -0.15) is 13.2 Å². The molecule has 3 heterocycles. The van der Waals surface area contributed by atoms with Crippen LogP contribution in [-0.4, -0.2) is 52.9 Å². The van der Waals surface area contributed by atoms with Crippen LogP contribution < -0.4 is 9.80 Å². The number of hydrogen-bond acceptors (Lipinski definition) is 6. The van der Waals surface area contributed by atoms with Crippen LogP contribution in [0, 0.1) is 0 Å². The maximum absolute atomic E-state index is 12.9. The first-order valence-corrected chi connectivity index (χ1v) is 9.38. The summed E-state index contributed by atoms with van der Waals surface area (Å²) in [4.78, 5) is 38.3. The van der Waals surface area contributed by atoms with E-state index in [1.165, 1.54) is 0 Å². The SMILES string of the molecule is O=C1C(Cl)=C(N2CCN(c3ncccn3)CC2)C(=O)N1c1ccc(C(F)(F)F)cc1. The Kier molecular flexibility index (Phi) is 5.10. The highest BCUT2D eigenvalue weighted by Crippen LogP contribution is 2.34. The summed E-state index contributed by atoms with van der Waals surface area (Å²) in [6.45, 7) is 1.84. The minimum Gasteiger partial charge on any atom is -0.362 e. The van der Waals surface area contributed by atoms with E-state index < -0.39 is 23.6 Å². The smallest absolute Gasteiger partial charge is 0.362 e. The van der Waals surface area contributed by atoms with Crippen molar-refractivity contribution in [1.82, 2.24) is 14.9 Å². The van der Waals surface area contributed by atoms with Crippen molar-refractivity contribution < 1.29 is 22.8 Å². The Morgan fingerprint density at radius 1 is 0.867 bits per heavy atom. The molecule has 7 nitrogen and oxygen atoms in total. The zero-order valence-corrected chi connectivity index (χ0v) is 16.2. The standard InChI is InChI=1S/C19H15ClF3N5O2/c20-14-15(26-8-10-27(11-9-26)18-24-6-1-7-25-18)17(30)28(16(14)29)13-4-2-12(3-5-13)19(21,22)23/h1-7H,8-11H2. The van der Waals surface area contributed by atoms with Crippen LogP contribution in [0.2, 0.25) is 0 Å². The maximum Gasteiger partial charge on any atom is 0.416 e. The summed E-state index contributed by atoms with van der Waals surface area (Å²) < 4.78 is 38.3. The number of nitrogens with zero attached hydrogens (tertiary/aromatic N) is 5. The molecule has 0 spiro atoms. The average molecular weight is 438 g/mol. The van der Waals surface area contributed by atoms with Gasteiger partial charge in [-0.25, -0.2) is 14.9 Å². The predicted octanol–water partition coefficient (Wildman–Crippen LogP) is 2.64. The van der Waals surface area contributed by atoms with Gasteiger partial charge >= 0.3 is 6.18 Å². The molecule has 1 saturated heterocycles. The predicted molar refractivity (Wildman–Crippen MR) is 103 cm³/mol. The summed E-state index contributed by atoms with van der Waals surface area (Å²) in [7, 11) is 0. The number of halogens is 4. The number of hydrogen-bond donors (Lipinski definition) is 0. The molecule has 11 heteroatoms. The van der Waals surface area contributed by atoms with Gasteiger partial charge in [-0.15, -0.1) is 0 Å². The van der Waals surface area contributed by atoms with Gasteiger partial charge in [0, 0.05) is 38.6 Å². The highest BCUT2D eigenvalue weighted by atomic mass is 35.5. The summed E-state index contributed by atoms with van der Waals surface area (Å²) >= 11 is 6.17. The van der Waals surface area contributed by atoms with E-state index in [9.17, 15) is 22.8 Å². The van der Waals surface area contributed by atoms with E-state index in [-0.39, 0.29) is 16.4 Å². The van der Waals surface area contributed by atoms with Crippen molar-refractivity contribution in [3.05, 3.63) is 59.0 Å². The number of alkyl halides is 3. The molecule has 0 saturated carbocycles. The van der Waals surface area contributed by atoms with Gasteiger partial charge in [0.2, 0.25) is 5.95 Å². The van der Waals surface area contributed by atoms with Gasteiger partial charge in [0.15, 0.2) is 0 Å². The fraction of sp³-hybridized carbons (Fsp3) is 0.263. The van der Waals surface area contributed by atoms with Crippen molar-refractivity contribution in [2.45, 2.75) is 6.18 Å². The molecule has 0 unspecified atom stereocenters. The molecule has 156 valence electrons. The molecule has 0 radical (unpaired) electrons. The number of benzene rings is 1. The van der Waals surface area contributed by atoms with E-state index in [0.29, 0.717) is 32.1 Å². The molecular formula is C19H15ClF3N5O2. The maximum atomic E-state index is 12.9. The Balaban J connectivity index is 1.50. The number of rotatable bonds is 3. The lowest BCUT2D eigenvalue weighted by molar-refractivity contribution is -0.137. The first-order valence-electron chi connectivity index (χ1n) is 9.00. The summed E-state index contributed by atoms with van der Waals surface area (Å²) in [5, 5.41) is -0.246. The highest BCUT2D eigenvalue weighted by Gasteiger charge is 2.42. The third-order valence-electron chi connectivity index (χ3n) is 4.89. The van der Waals surface area contributed by atoms with E-state index in [1.807, 2.05) is 4.90 Å². The lowest BCUT2D eigenvalue weighted by Crippen LogP contribution is -2.48. The largest absolute Gasteiger partial charge is 0.416 e. The lowest BCUT2D eigenvalue weighted by atomic mass is 10.2. The number of carbonyl (C=O) groups is 2. The summed E-state index contributed by atoms with van der Waals surface area (Å²) in [5.74, 6) is -0.850. The second kappa shape index (κ2) is 7.60. The Morgan fingerprint density at radius 2 is 1.43 bits per heavy atom. The zero-order chi connectivity index (χ0) is 21.5. The molecule has 1 aromatic heterocycles. The van der Waals surface area contributed by atoms with Crippen LogP contribution in [0.3, 0.4) is 0 Å². The molecule has 0 N–H and O–H groups in total. The third kappa shape index (κ3) is 3.58. The van der Waals surface area contributed by atoms with Crippen LogP contribution in [0.25, 0.3) is 0 Å². The average Bonchev–Trinajstić information content (AvgIpc) is 2.97. The van der Waals surface area contributed by atoms with E-state index >= 15 is 0 Å². The van der Waals surface area contributed by atoms with Crippen LogP contribution in [0.1, 0.15) is 5.56 Å². The van der Waals surface area contributed by atoms with Gasteiger partial charge in [-0.05, 0) is 30.3 Å². The topological polar surface area (TPSA) is 69.6 Å². The van der Waals surface area contributed by atoms with Crippen molar-refractivity contribution in [2.75, 3.05) is 36.0 Å². The number of carbonyl (C=O) groups excluding carboxylic acids is 2. The molecule has 30 heavy (non-hydrogen) atoms. The fourth-order valence-electron chi connectivity index (χ4n) is 3.38. The van der Waals surface area contributed by atoms with Crippen LogP contribution in [-0.2, 0) is 15.8 Å². The molecule has 0 bridgehead atoms. The molecule has 2 aliphatic rings. The van der Waals surface area contributed by atoms with Gasteiger partial charge in [-0.1, -0.05) is 11.6 Å². The number of aromatic nitrogens is 2. The first kappa shape index (κ1) is 20.1. The van der Waals surface area contributed by atoms with Crippen molar-refractivity contribution in [3.63, 3.8) is 0 Å². The Bertz CT molecular complexity index is 1000. The molecule has 1 aromatic carbocycles. The van der Waals surface area contributed by atoms with Gasteiger partial charge in [0.1, 0.15) is 10.7 Å². The van der Waals surface area contributed by atoms with Gasteiger partial charge in [0.05, 0.1) is 11.3 Å². The minimum absolute atomic E-state index is 0.0301. The Hall–Kier alpha value is -3.14. The number of amides is 2. The molecule has 4 rings (SSSR count).